The van der Waals surface area contributed by atoms with Crippen molar-refractivity contribution in [3.05, 3.63) is 35.4 Å². The van der Waals surface area contributed by atoms with Crippen LogP contribution in [0.3, 0.4) is 0 Å². The average molecular weight is 366 g/mol. The minimum absolute atomic E-state index is 0. The molecule has 1 fully saturated rings. The topological polar surface area (TPSA) is 89.4 Å². The van der Waals surface area contributed by atoms with Gasteiger partial charge >= 0.3 is 6.18 Å². The Hall–Kier alpha value is -1.80. The third-order valence-corrected chi connectivity index (χ3v) is 4.12. The maximum Gasteiger partial charge on any atom is 0.416 e. The molecule has 1 heterocycles. The van der Waals surface area contributed by atoms with E-state index in [2.05, 4.69) is 0 Å². The molecule has 134 valence electrons. The number of amides is 2. The molecule has 24 heavy (non-hydrogen) atoms. The molecule has 2 amide bonds. The minimum Gasteiger partial charge on any atom is -0.369 e. The molecule has 1 aromatic rings. The van der Waals surface area contributed by atoms with E-state index in [4.69, 9.17) is 11.5 Å². The first-order valence-corrected chi connectivity index (χ1v) is 7.15. The second-order valence-corrected chi connectivity index (χ2v) is 5.72. The lowest BCUT2D eigenvalue weighted by Gasteiger charge is -2.15. The number of carbonyl (C=O) groups excluding carboxylic acids is 2. The van der Waals surface area contributed by atoms with Crippen molar-refractivity contribution in [2.24, 2.45) is 23.3 Å². The van der Waals surface area contributed by atoms with Gasteiger partial charge in [-0.15, -0.1) is 12.4 Å². The highest BCUT2D eigenvalue weighted by atomic mass is 35.5. The smallest absolute Gasteiger partial charge is 0.369 e. The van der Waals surface area contributed by atoms with Crippen LogP contribution in [-0.2, 0) is 22.2 Å². The Bertz CT molecular complexity index is 571. The van der Waals surface area contributed by atoms with Crippen molar-refractivity contribution in [1.29, 1.82) is 0 Å². The Morgan fingerprint density at radius 2 is 1.50 bits per heavy atom. The van der Waals surface area contributed by atoms with E-state index in [1.165, 1.54) is 12.1 Å². The number of benzene rings is 1. The standard InChI is InChI=1S/C15H18F3N3O2.ClH/c16-15(17,18)10-3-1-9(2-4-10)5-6-21-7-11(13(19)22)12(8-21)14(20)23;/h1-4,11-12H,5-8H2,(H2,19,22)(H2,20,23);1H. The summed E-state index contributed by atoms with van der Waals surface area (Å²) in [6.45, 7) is 1.19. The fourth-order valence-electron chi connectivity index (χ4n) is 2.79. The number of halogens is 4. The maximum atomic E-state index is 12.5. The first-order valence-electron chi connectivity index (χ1n) is 7.15. The lowest BCUT2D eigenvalue weighted by molar-refractivity contribution is -0.137. The maximum absolute atomic E-state index is 12.5. The Morgan fingerprint density at radius 3 is 1.88 bits per heavy atom. The Balaban J connectivity index is 0.00000288. The summed E-state index contributed by atoms with van der Waals surface area (Å²) in [6.07, 6.45) is -3.84. The highest BCUT2D eigenvalue weighted by Crippen LogP contribution is 2.29. The van der Waals surface area contributed by atoms with Gasteiger partial charge in [-0.2, -0.15) is 13.2 Å². The van der Waals surface area contributed by atoms with Gasteiger partial charge in [0.2, 0.25) is 11.8 Å². The predicted molar refractivity (Wildman–Crippen MR) is 84.2 cm³/mol. The highest BCUT2D eigenvalue weighted by Gasteiger charge is 2.39. The van der Waals surface area contributed by atoms with E-state index in [0.717, 1.165) is 17.7 Å². The number of alkyl halides is 3. The minimum atomic E-state index is -4.35. The molecular weight excluding hydrogens is 347 g/mol. The van der Waals surface area contributed by atoms with Crippen molar-refractivity contribution in [1.82, 2.24) is 4.90 Å². The normalized spacial score (nSPS) is 21.3. The fourth-order valence-corrected chi connectivity index (χ4v) is 2.79. The predicted octanol–water partition coefficient (Wildman–Crippen LogP) is 1.19. The van der Waals surface area contributed by atoms with Crippen LogP contribution in [0.25, 0.3) is 0 Å². The zero-order chi connectivity index (χ0) is 17.2. The summed E-state index contributed by atoms with van der Waals surface area (Å²) in [5.41, 5.74) is 10.6. The van der Waals surface area contributed by atoms with Crippen molar-refractivity contribution in [3.63, 3.8) is 0 Å². The van der Waals surface area contributed by atoms with Crippen LogP contribution in [0.15, 0.2) is 24.3 Å². The molecule has 4 N–H and O–H groups in total. The Labute approximate surface area is 143 Å². The van der Waals surface area contributed by atoms with Crippen molar-refractivity contribution in [2.45, 2.75) is 12.6 Å². The molecule has 2 unspecified atom stereocenters. The number of hydrogen-bond donors (Lipinski definition) is 2. The quantitative estimate of drug-likeness (QED) is 0.821. The second kappa shape index (κ2) is 7.85. The van der Waals surface area contributed by atoms with Gasteiger partial charge in [0, 0.05) is 19.6 Å². The van der Waals surface area contributed by atoms with Gasteiger partial charge in [-0.05, 0) is 24.1 Å². The van der Waals surface area contributed by atoms with E-state index >= 15 is 0 Å². The lowest BCUT2D eigenvalue weighted by atomic mass is 9.95. The van der Waals surface area contributed by atoms with E-state index < -0.39 is 35.4 Å². The number of nitrogens with two attached hydrogens (primary N) is 2. The van der Waals surface area contributed by atoms with Crippen LogP contribution in [0, 0.1) is 11.8 Å². The van der Waals surface area contributed by atoms with E-state index in [0.29, 0.717) is 26.1 Å². The molecule has 0 bridgehead atoms. The molecular formula is C15H19ClF3N3O2. The SMILES string of the molecule is Cl.NC(=O)C1CN(CCc2ccc(C(F)(F)F)cc2)CC1C(N)=O. The number of carbonyl (C=O) groups is 2. The second-order valence-electron chi connectivity index (χ2n) is 5.72. The zero-order valence-corrected chi connectivity index (χ0v) is 13.6. The van der Waals surface area contributed by atoms with Crippen molar-refractivity contribution < 1.29 is 22.8 Å². The monoisotopic (exact) mass is 365 g/mol. The highest BCUT2D eigenvalue weighted by molar-refractivity contribution is 5.87. The first-order chi connectivity index (χ1) is 10.7. The number of hydrogen-bond acceptors (Lipinski definition) is 3. The number of likely N-dealkylation sites (tertiary alicyclic amines) is 1. The molecule has 1 saturated heterocycles. The van der Waals surface area contributed by atoms with Crippen LogP contribution >= 0.6 is 12.4 Å². The van der Waals surface area contributed by atoms with Gasteiger partial charge in [0.15, 0.2) is 0 Å². The number of primary amides is 2. The molecule has 2 rings (SSSR count). The van der Waals surface area contributed by atoms with Crippen molar-refractivity contribution in [3.8, 4) is 0 Å². The Morgan fingerprint density at radius 1 is 1.04 bits per heavy atom. The zero-order valence-electron chi connectivity index (χ0n) is 12.8. The van der Waals surface area contributed by atoms with Gasteiger partial charge in [-0.1, -0.05) is 12.1 Å². The molecule has 0 aliphatic carbocycles. The lowest BCUT2D eigenvalue weighted by Crippen LogP contribution is -2.36. The summed E-state index contributed by atoms with van der Waals surface area (Å²) in [5.74, 6) is -2.35. The van der Waals surface area contributed by atoms with Gasteiger partial charge in [-0.25, -0.2) is 0 Å². The van der Waals surface area contributed by atoms with Crippen molar-refractivity contribution in [2.75, 3.05) is 19.6 Å². The first kappa shape index (κ1) is 20.2. The number of rotatable bonds is 5. The van der Waals surface area contributed by atoms with Gasteiger partial charge in [0.05, 0.1) is 17.4 Å². The van der Waals surface area contributed by atoms with E-state index in [1.807, 2.05) is 4.90 Å². The summed E-state index contributed by atoms with van der Waals surface area (Å²) >= 11 is 0. The van der Waals surface area contributed by atoms with E-state index in [-0.39, 0.29) is 12.4 Å². The summed E-state index contributed by atoms with van der Waals surface area (Å²) < 4.78 is 37.5. The molecule has 0 radical (unpaired) electrons. The summed E-state index contributed by atoms with van der Waals surface area (Å²) in [6, 6.07) is 4.93. The van der Waals surface area contributed by atoms with Crippen LogP contribution < -0.4 is 11.5 Å². The molecule has 1 aromatic carbocycles. The van der Waals surface area contributed by atoms with E-state index in [1.54, 1.807) is 0 Å². The van der Waals surface area contributed by atoms with Gasteiger partial charge in [0.1, 0.15) is 0 Å². The van der Waals surface area contributed by atoms with Crippen LogP contribution in [0.5, 0.6) is 0 Å². The number of nitrogens with zero attached hydrogens (tertiary/aromatic N) is 1. The largest absolute Gasteiger partial charge is 0.416 e. The fraction of sp³-hybridized carbons (Fsp3) is 0.467. The van der Waals surface area contributed by atoms with Crippen LogP contribution in [0.4, 0.5) is 13.2 Å². The third-order valence-electron chi connectivity index (χ3n) is 4.12. The molecule has 9 heteroatoms. The molecule has 2 atom stereocenters. The average Bonchev–Trinajstić information content (AvgIpc) is 2.89. The Kier molecular flexibility index (Phi) is 6.62. The van der Waals surface area contributed by atoms with E-state index in [9.17, 15) is 22.8 Å². The van der Waals surface area contributed by atoms with Gasteiger partial charge in [0.25, 0.3) is 0 Å². The molecule has 0 saturated carbocycles. The third kappa shape index (κ3) is 4.85. The van der Waals surface area contributed by atoms with Gasteiger partial charge in [-0.3, -0.25) is 9.59 Å². The van der Waals surface area contributed by atoms with Crippen LogP contribution in [0.1, 0.15) is 11.1 Å². The molecule has 0 aromatic heterocycles. The van der Waals surface area contributed by atoms with Gasteiger partial charge < -0.3 is 16.4 Å². The summed E-state index contributed by atoms with van der Waals surface area (Å²) in [7, 11) is 0. The summed E-state index contributed by atoms with van der Waals surface area (Å²) in [5, 5.41) is 0. The van der Waals surface area contributed by atoms with Crippen LogP contribution in [-0.4, -0.2) is 36.3 Å². The molecule has 1 aliphatic rings. The van der Waals surface area contributed by atoms with Crippen molar-refractivity contribution >= 4 is 24.2 Å². The van der Waals surface area contributed by atoms with Crippen LogP contribution in [0.2, 0.25) is 0 Å². The summed E-state index contributed by atoms with van der Waals surface area (Å²) in [4.78, 5) is 24.6. The molecule has 1 aliphatic heterocycles. The molecule has 5 nitrogen and oxygen atoms in total. The molecule has 0 spiro atoms.